The first kappa shape index (κ1) is 13.8. The molecule has 108 valence electrons. The van der Waals surface area contributed by atoms with Gasteiger partial charge in [0.25, 0.3) is 0 Å². The van der Waals surface area contributed by atoms with E-state index < -0.39 is 5.97 Å². The molecule has 6 heteroatoms. The number of thiazole rings is 1. The molecule has 5 nitrogen and oxygen atoms in total. The van der Waals surface area contributed by atoms with Gasteiger partial charge in [0.2, 0.25) is 0 Å². The molecule has 0 aliphatic rings. The zero-order valence-corrected chi connectivity index (χ0v) is 12.4. The highest BCUT2D eigenvalue weighted by Crippen LogP contribution is 2.21. The number of fused-ring (bicyclic) bond motifs is 1. The molecule has 0 radical (unpaired) electrons. The summed E-state index contributed by atoms with van der Waals surface area (Å²) >= 11 is 1.59. The van der Waals surface area contributed by atoms with Crippen molar-refractivity contribution in [1.29, 1.82) is 0 Å². The smallest absolute Gasteiger partial charge is 0.335 e. The summed E-state index contributed by atoms with van der Waals surface area (Å²) in [6.07, 6.45) is 3.71. The summed E-state index contributed by atoms with van der Waals surface area (Å²) in [6.45, 7) is 2.79. The van der Waals surface area contributed by atoms with Crippen molar-refractivity contribution in [3.05, 3.63) is 46.2 Å². The number of aromatic carboxylic acids is 1. The van der Waals surface area contributed by atoms with E-state index >= 15 is 0 Å². The maximum Gasteiger partial charge on any atom is 0.335 e. The Labute approximate surface area is 125 Å². The Hall–Kier alpha value is -2.21. The van der Waals surface area contributed by atoms with Crippen LogP contribution in [-0.2, 0) is 13.0 Å². The van der Waals surface area contributed by atoms with Gasteiger partial charge in [-0.3, -0.25) is 4.98 Å². The first-order valence-electron chi connectivity index (χ1n) is 6.79. The van der Waals surface area contributed by atoms with E-state index in [0.717, 1.165) is 34.6 Å². The third-order valence-corrected chi connectivity index (χ3v) is 4.11. The topological polar surface area (TPSA) is 68.0 Å². The highest BCUT2D eigenvalue weighted by Gasteiger charge is 2.13. The molecule has 1 N–H and O–H groups in total. The summed E-state index contributed by atoms with van der Waals surface area (Å²) in [5, 5.41) is 9.16. The molecule has 0 unspecified atom stereocenters. The van der Waals surface area contributed by atoms with Crippen LogP contribution >= 0.6 is 11.3 Å². The van der Waals surface area contributed by atoms with E-state index in [1.807, 2.05) is 6.20 Å². The SMILES string of the molecule is CCCc1nc2ccc(C(=O)O)cc2n1Cc1cncs1. The number of nitrogens with zero attached hydrogens (tertiary/aromatic N) is 3. The zero-order chi connectivity index (χ0) is 14.8. The zero-order valence-electron chi connectivity index (χ0n) is 11.6. The van der Waals surface area contributed by atoms with Gasteiger partial charge in [0.1, 0.15) is 5.82 Å². The van der Waals surface area contributed by atoms with Crippen molar-refractivity contribution in [2.75, 3.05) is 0 Å². The molecule has 0 fully saturated rings. The molecule has 0 saturated carbocycles. The van der Waals surface area contributed by atoms with Crippen LogP contribution in [0.15, 0.2) is 29.9 Å². The highest BCUT2D eigenvalue weighted by atomic mass is 32.1. The van der Waals surface area contributed by atoms with Gasteiger partial charge in [-0.1, -0.05) is 6.92 Å². The van der Waals surface area contributed by atoms with E-state index in [9.17, 15) is 4.79 Å². The van der Waals surface area contributed by atoms with E-state index in [1.165, 1.54) is 0 Å². The lowest BCUT2D eigenvalue weighted by Crippen LogP contribution is -2.04. The van der Waals surface area contributed by atoms with E-state index in [1.54, 1.807) is 35.0 Å². The average molecular weight is 301 g/mol. The van der Waals surface area contributed by atoms with Gasteiger partial charge in [0.05, 0.1) is 28.7 Å². The fourth-order valence-electron chi connectivity index (χ4n) is 2.37. The number of aromatic nitrogens is 3. The van der Waals surface area contributed by atoms with Gasteiger partial charge in [-0.2, -0.15) is 0 Å². The second-order valence-electron chi connectivity index (χ2n) is 4.84. The van der Waals surface area contributed by atoms with Crippen molar-refractivity contribution in [2.45, 2.75) is 26.3 Å². The maximum absolute atomic E-state index is 11.2. The van der Waals surface area contributed by atoms with Crippen LogP contribution in [0.5, 0.6) is 0 Å². The molecule has 21 heavy (non-hydrogen) atoms. The molecular weight excluding hydrogens is 286 g/mol. The summed E-state index contributed by atoms with van der Waals surface area (Å²) in [7, 11) is 0. The number of carboxylic acids is 1. The molecule has 3 aromatic rings. The fourth-order valence-corrected chi connectivity index (χ4v) is 2.96. The maximum atomic E-state index is 11.2. The Morgan fingerprint density at radius 1 is 1.43 bits per heavy atom. The minimum Gasteiger partial charge on any atom is -0.478 e. The Balaban J connectivity index is 2.13. The van der Waals surface area contributed by atoms with Crippen LogP contribution in [0.2, 0.25) is 0 Å². The average Bonchev–Trinajstić information content (AvgIpc) is 3.08. The van der Waals surface area contributed by atoms with Crippen LogP contribution < -0.4 is 0 Å². The Morgan fingerprint density at radius 3 is 2.95 bits per heavy atom. The summed E-state index contributed by atoms with van der Waals surface area (Å²) in [6, 6.07) is 5.08. The van der Waals surface area contributed by atoms with E-state index in [0.29, 0.717) is 6.54 Å². The van der Waals surface area contributed by atoms with Gasteiger partial charge in [0.15, 0.2) is 0 Å². The Bertz CT molecular complexity index is 778. The Morgan fingerprint density at radius 2 is 2.29 bits per heavy atom. The number of carboxylic acid groups (broad SMARTS) is 1. The monoisotopic (exact) mass is 301 g/mol. The van der Waals surface area contributed by atoms with Gasteiger partial charge in [-0.15, -0.1) is 11.3 Å². The van der Waals surface area contributed by atoms with Crippen molar-refractivity contribution in [1.82, 2.24) is 14.5 Å². The largest absolute Gasteiger partial charge is 0.478 e. The normalized spacial score (nSPS) is 11.1. The number of carbonyl (C=O) groups is 1. The van der Waals surface area contributed by atoms with Crippen molar-refractivity contribution >= 4 is 28.3 Å². The minimum atomic E-state index is -0.917. The van der Waals surface area contributed by atoms with Gasteiger partial charge in [0, 0.05) is 17.5 Å². The van der Waals surface area contributed by atoms with Crippen LogP contribution in [0.25, 0.3) is 11.0 Å². The molecule has 0 aliphatic heterocycles. The van der Waals surface area contributed by atoms with Crippen LogP contribution in [0.4, 0.5) is 0 Å². The second kappa shape index (κ2) is 5.65. The molecular formula is C15H15N3O2S. The quantitative estimate of drug-likeness (QED) is 0.786. The summed E-state index contributed by atoms with van der Waals surface area (Å²) in [4.78, 5) is 21.0. The van der Waals surface area contributed by atoms with Gasteiger partial charge in [-0.25, -0.2) is 9.78 Å². The van der Waals surface area contributed by atoms with Crippen LogP contribution in [0, 0.1) is 0 Å². The molecule has 2 heterocycles. The molecule has 3 rings (SSSR count). The first-order chi connectivity index (χ1) is 10.2. The van der Waals surface area contributed by atoms with E-state index in [-0.39, 0.29) is 5.56 Å². The van der Waals surface area contributed by atoms with Crippen molar-refractivity contribution in [3.63, 3.8) is 0 Å². The fraction of sp³-hybridized carbons (Fsp3) is 0.267. The van der Waals surface area contributed by atoms with Crippen molar-refractivity contribution < 1.29 is 9.90 Å². The predicted molar refractivity (Wildman–Crippen MR) is 81.9 cm³/mol. The van der Waals surface area contributed by atoms with Crippen molar-refractivity contribution in [2.24, 2.45) is 0 Å². The molecule has 1 aromatic carbocycles. The first-order valence-corrected chi connectivity index (χ1v) is 7.67. The summed E-state index contributed by atoms with van der Waals surface area (Å²) in [5.74, 6) is 0.0721. The third kappa shape index (κ3) is 2.67. The molecule has 0 spiro atoms. The number of hydrogen-bond acceptors (Lipinski definition) is 4. The molecule has 0 saturated heterocycles. The van der Waals surface area contributed by atoms with Gasteiger partial charge < -0.3 is 9.67 Å². The lowest BCUT2D eigenvalue weighted by atomic mass is 10.2. The lowest BCUT2D eigenvalue weighted by Gasteiger charge is -2.07. The number of aryl methyl sites for hydroxylation is 1. The van der Waals surface area contributed by atoms with E-state index in [2.05, 4.69) is 21.5 Å². The molecule has 2 aromatic heterocycles. The number of hydrogen-bond donors (Lipinski definition) is 1. The molecule has 0 aliphatic carbocycles. The van der Waals surface area contributed by atoms with Crippen LogP contribution in [0.1, 0.15) is 34.4 Å². The third-order valence-electron chi connectivity index (χ3n) is 3.35. The number of rotatable bonds is 5. The van der Waals surface area contributed by atoms with E-state index in [4.69, 9.17) is 5.11 Å². The number of imidazole rings is 1. The summed E-state index contributed by atoms with van der Waals surface area (Å²) < 4.78 is 2.10. The molecule has 0 atom stereocenters. The van der Waals surface area contributed by atoms with Gasteiger partial charge >= 0.3 is 5.97 Å². The molecule has 0 bridgehead atoms. The standard InChI is InChI=1S/C15H15N3O2S/c1-2-3-14-17-12-5-4-10(15(19)20)6-13(12)18(14)8-11-7-16-9-21-11/h4-7,9H,2-3,8H2,1H3,(H,19,20). The van der Waals surface area contributed by atoms with Crippen molar-refractivity contribution in [3.8, 4) is 0 Å². The van der Waals surface area contributed by atoms with Crippen LogP contribution in [0.3, 0.4) is 0 Å². The molecule has 0 amide bonds. The second-order valence-corrected chi connectivity index (χ2v) is 5.81. The Kier molecular flexibility index (Phi) is 3.70. The predicted octanol–water partition coefficient (Wildman–Crippen LogP) is 3.19. The highest BCUT2D eigenvalue weighted by molar-refractivity contribution is 7.09. The van der Waals surface area contributed by atoms with Crippen LogP contribution in [-0.4, -0.2) is 25.6 Å². The minimum absolute atomic E-state index is 0.288. The lowest BCUT2D eigenvalue weighted by molar-refractivity contribution is 0.0697. The van der Waals surface area contributed by atoms with Gasteiger partial charge in [-0.05, 0) is 24.6 Å². The summed E-state index contributed by atoms with van der Waals surface area (Å²) in [5.41, 5.74) is 3.80. The number of benzene rings is 1.